The molecule has 0 N–H and O–H groups in total. The zero-order valence-corrected chi connectivity index (χ0v) is 17.1. The molecule has 0 aliphatic carbocycles. The number of methoxy groups -OCH3 is 1. The highest BCUT2D eigenvalue weighted by atomic mass is 16.5. The summed E-state index contributed by atoms with van der Waals surface area (Å²) >= 11 is 0. The van der Waals surface area contributed by atoms with Gasteiger partial charge in [0.2, 0.25) is 11.8 Å². The third kappa shape index (κ3) is 3.39. The molecule has 4 aliphatic heterocycles. The molecule has 1 aromatic rings. The monoisotopic (exact) mass is 385 g/mol. The topological polar surface area (TPSA) is 53.1 Å². The fourth-order valence-electron chi connectivity index (χ4n) is 5.43. The number of amides is 2. The lowest BCUT2D eigenvalue weighted by atomic mass is 9.75. The maximum Gasteiger partial charge on any atom is 0.223 e. The zero-order valence-electron chi connectivity index (χ0n) is 17.1. The van der Waals surface area contributed by atoms with Crippen molar-refractivity contribution in [3.05, 3.63) is 29.8 Å². The van der Waals surface area contributed by atoms with E-state index in [2.05, 4.69) is 21.9 Å². The maximum absolute atomic E-state index is 13.1. The van der Waals surface area contributed by atoms with Crippen LogP contribution >= 0.6 is 0 Å². The fraction of sp³-hybridized carbons (Fsp3) is 0.636. The van der Waals surface area contributed by atoms with Crippen LogP contribution in [-0.4, -0.2) is 79.4 Å². The summed E-state index contributed by atoms with van der Waals surface area (Å²) in [6, 6.07) is 9.01. The average Bonchev–Trinajstić information content (AvgIpc) is 3.15. The van der Waals surface area contributed by atoms with Gasteiger partial charge in [0.25, 0.3) is 0 Å². The molecule has 6 nitrogen and oxygen atoms in total. The molecule has 5 rings (SSSR count). The summed E-state index contributed by atoms with van der Waals surface area (Å²) in [5, 5.41) is 0. The van der Waals surface area contributed by atoms with E-state index in [0.29, 0.717) is 30.7 Å². The second kappa shape index (κ2) is 7.74. The van der Waals surface area contributed by atoms with Gasteiger partial charge in [0, 0.05) is 45.4 Å². The van der Waals surface area contributed by atoms with Crippen LogP contribution in [0.2, 0.25) is 0 Å². The Morgan fingerprint density at radius 1 is 1.07 bits per heavy atom. The van der Waals surface area contributed by atoms with Crippen LogP contribution in [-0.2, 0) is 9.59 Å². The van der Waals surface area contributed by atoms with Gasteiger partial charge < -0.3 is 14.5 Å². The number of hydrogen-bond donors (Lipinski definition) is 0. The molecule has 152 valence electrons. The van der Waals surface area contributed by atoms with Crippen LogP contribution in [0.3, 0.4) is 0 Å². The van der Waals surface area contributed by atoms with Crippen LogP contribution in [0, 0.1) is 5.92 Å². The summed E-state index contributed by atoms with van der Waals surface area (Å²) in [6.07, 6.45) is 2.96. The number of piperidine rings is 3. The molecule has 28 heavy (non-hydrogen) atoms. The number of likely N-dealkylation sites (tertiary alicyclic amines) is 1. The Labute approximate surface area is 167 Å². The van der Waals surface area contributed by atoms with E-state index in [-0.39, 0.29) is 17.9 Å². The molecule has 2 bridgehead atoms. The summed E-state index contributed by atoms with van der Waals surface area (Å²) in [5.41, 5.74) is 1.28. The number of nitrogens with zero attached hydrogens (tertiary/aromatic N) is 3. The van der Waals surface area contributed by atoms with E-state index in [1.54, 1.807) is 26.1 Å². The van der Waals surface area contributed by atoms with Crippen molar-refractivity contribution in [1.29, 1.82) is 0 Å². The standard InChI is InChI=1S/C22H31N3O3/c1-23(2)19(26)8-9-20(27)25-14-18(15-4-6-17(28-3)7-5-15)22-21(25)16-10-12-24(22)13-11-16/h4-7,16,18,21-22H,8-14H2,1-3H3/t18-,21+,22+/m0/s1. The van der Waals surface area contributed by atoms with Gasteiger partial charge in [0.05, 0.1) is 13.2 Å². The van der Waals surface area contributed by atoms with E-state index in [1.165, 1.54) is 18.4 Å². The van der Waals surface area contributed by atoms with Gasteiger partial charge in [0.1, 0.15) is 5.75 Å². The molecule has 0 saturated carbocycles. The number of fused-ring (bicyclic) bond motifs is 2. The molecule has 4 fully saturated rings. The van der Waals surface area contributed by atoms with Gasteiger partial charge in [-0.05, 0) is 49.5 Å². The normalized spacial score (nSPS) is 30.8. The Bertz CT molecular complexity index is 725. The van der Waals surface area contributed by atoms with Crippen molar-refractivity contribution >= 4 is 11.8 Å². The smallest absolute Gasteiger partial charge is 0.223 e. The molecular formula is C22H31N3O3. The molecule has 0 unspecified atom stereocenters. The molecule has 0 radical (unpaired) electrons. The lowest BCUT2D eigenvalue weighted by Crippen LogP contribution is -2.60. The van der Waals surface area contributed by atoms with Crippen molar-refractivity contribution < 1.29 is 14.3 Å². The van der Waals surface area contributed by atoms with Crippen LogP contribution in [0.25, 0.3) is 0 Å². The zero-order chi connectivity index (χ0) is 19.8. The van der Waals surface area contributed by atoms with Gasteiger partial charge in [-0.3, -0.25) is 14.5 Å². The largest absolute Gasteiger partial charge is 0.497 e. The van der Waals surface area contributed by atoms with Crippen molar-refractivity contribution in [3.8, 4) is 5.75 Å². The first kappa shape index (κ1) is 19.2. The molecule has 2 amide bonds. The minimum atomic E-state index is 0.0183. The Kier molecular flexibility index (Phi) is 5.32. The minimum Gasteiger partial charge on any atom is -0.497 e. The van der Waals surface area contributed by atoms with E-state index < -0.39 is 0 Å². The summed E-state index contributed by atoms with van der Waals surface area (Å²) in [7, 11) is 5.17. The van der Waals surface area contributed by atoms with Crippen LogP contribution in [0.15, 0.2) is 24.3 Å². The first-order valence-electron chi connectivity index (χ1n) is 10.4. The Hall–Kier alpha value is -2.08. The van der Waals surface area contributed by atoms with E-state index in [0.717, 1.165) is 25.4 Å². The van der Waals surface area contributed by atoms with Crippen molar-refractivity contribution in [3.63, 3.8) is 0 Å². The number of carbonyl (C=O) groups is 2. The number of ether oxygens (including phenoxy) is 1. The first-order chi connectivity index (χ1) is 13.5. The molecule has 0 spiro atoms. The predicted octanol–water partition coefficient (Wildman–Crippen LogP) is 1.95. The number of carbonyl (C=O) groups excluding carboxylic acids is 2. The number of benzene rings is 1. The molecule has 3 atom stereocenters. The number of hydrogen-bond acceptors (Lipinski definition) is 4. The van der Waals surface area contributed by atoms with E-state index in [1.807, 2.05) is 12.1 Å². The van der Waals surface area contributed by atoms with Gasteiger partial charge in [-0.15, -0.1) is 0 Å². The van der Waals surface area contributed by atoms with E-state index >= 15 is 0 Å². The summed E-state index contributed by atoms with van der Waals surface area (Å²) in [5.74, 6) is 1.93. The second-order valence-electron chi connectivity index (χ2n) is 8.57. The van der Waals surface area contributed by atoms with Crippen molar-refractivity contribution in [2.45, 2.75) is 43.7 Å². The van der Waals surface area contributed by atoms with Crippen LogP contribution in [0.1, 0.15) is 37.2 Å². The quantitative estimate of drug-likeness (QED) is 0.778. The molecule has 4 aliphatic rings. The summed E-state index contributed by atoms with van der Waals surface area (Å²) in [4.78, 5) is 31.3. The van der Waals surface area contributed by atoms with Crippen LogP contribution in [0.5, 0.6) is 5.75 Å². The van der Waals surface area contributed by atoms with Crippen molar-refractivity contribution in [2.24, 2.45) is 5.92 Å². The highest BCUT2D eigenvalue weighted by Crippen LogP contribution is 2.46. The Morgan fingerprint density at radius 2 is 1.75 bits per heavy atom. The highest BCUT2D eigenvalue weighted by molar-refractivity contribution is 5.84. The number of rotatable bonds is 5. The lowest BCUT2D eigenvalue weighted by molar-refractivity contribution is -0.139. The van der Waals surface area contributed by atoms with Crippen LogP contribution < -0.4 is 4.74 Å². The molecular weight excluding hydrogens is 354 g/mol. The second-order valence-corrected chi connectivity index (χ2v) is 8.57. The Morgan fingerprint density at radius 3 is 2.36 bits per heavy atom. The van der Waals surface area contributed by atoms with E-state index in [9.17, 15) is 9.59 Å². The van der Waals surface area contributed by atoms with Gasteiger partial charge in [0.15, 0.2) is 0 Å². The molecule has 4 heterocycles. The average molecular weight is 386 g/mol. The summed E-state index contributed by atoms with van der Waals surface area (Å²) < 4.78 is 5.31. The molecule has 0 aromatic heterocycles. The minimum absolute atomic E-state index is 0.0183. The molecule has 4 saturated heterocycles. The predicted molar refractivity (Wildman–Crippen MR) is 107 cm³/mol. The Balaban J connectivity index is 1.56. The van der Waals surface area contributed by atoms with Gasteiger partial charge >= 0.3 is 0 Å². The summed E-state index contributed by atoms with van der Waals surface area (Å²) in [6.45, 7) is 3.03. The first-order valence-corrected chi connectivity index (χ1v) is 10.4. The maximum atomic E-state index is 13.1. The van der Waals surface area contributed by atoms with Crippen molar-refractivity contribution in [2.75, 3.05) is 40.8 Å². The van der Waals surface area contributed by atoms with Gasteiger partial charge in [-0.25, -0.2) is 0 Å². The highest BCUT2D eigenvalue weighted by Gasteiger charge is 2.54. The van der Waals surface area contributed by atoms with Crippen LogP contribution in [0.4, 0.5) is 0 Å². The van der Waals surface area contributed by atoms with Crippen molar-refractivity contribution in [1.82, 2.24) is 14.7 Å². The lowest BCUT2D eigenvalue weighted by Gasteiger charge is -2.51. The third-order valence-electron chi connectivity index (χ3n) is 6.91. The van der Waals surface area contributed by atoms with Gasteiger partial charge in [-0.1, -0.05) is 12.1 Å². The van der Waals surface area contributed by atoms with E-state index in [4.69, 9.17) is 4.74 Å². The third-order valence-corrected chi connectivity index (χ3v) is 6.91. The van der Waals surface area contributed by atoms with Gasteiger partial charge in [-0.2, -0.15) is 0 Å². The molecule has 6 heteroatoms. The molecule has 1 aromatic carbocycles. The SMILES string of the molecule is COc1ccc([C@@H]2CN(C(=O)CCC(=O)N(C)C)[C@@H]3C4CCN(CC4)[C@@H]32)cc1. The fourth-order valence-corrected chi connectivity index (χ4v) is 5.43.